The molecule has 0 atom stereocenters. The molecule has 0 aliphatic heterocycles. The summed E-state index contributed by atoms with van der Waals surface area (Å²) in [6.45, 7) is 0. The predicted octanol–water partition coefficient (Wildman–Crippen LogP) is 12.8. The fourth-order valence-corrected chi connectivity index (χ4v) is 7.46. The zero-order valence-electron chi connectivity index (χ0n) is 28.2. The summed E-state index contributed by atoms with van der Waals surface area (Å²) in [6.07, 6.45) is 0. The highest BCUT2D eigenvalue weighted by Gasteiger charge is 2.16. The van der Waals surface area contributed by atoms with Crippen LogP contribution in [0.1, 0.15) is 0 Å². The van der Waals surface area contributed by atoms with Crippen LogP contribution in [0.5, 0.6) is 0 Å². The Hall–Kier alpha value is -6.97. The van der Waals surface area contributed by atoms with Crippen LogP contribution in [0.4, 0.5) is 0 Å². The molecule has 0 amide bonds. The van der Waals surface area contributed by atoms with Gasteiger partial charge in [-0.1, -0.05) is 176 Å². The fraction of sp³-hybridized carbons (Fsp3) is 0. The Bertz CT molecular complexity index is 2930. The van der Waals surface area contributed by atoms with Crippen molar-refractivity contribution in [2.24, 2.45) is 0 Å². The van der Waals surface area contributed by atoms with E-state index < -0.39 is 0 Å². The maximum Gasteiger partial charge on any atom is 0.164 e. The van der Waals surface area contributed by atoms with Gasteiger partial charge >= 0.3 is 0 Å². The highest BCUT2D eigenvalue weighted by atomic mass is 15.0. The monoisotopic (exact) mass is 661 g/mol. The second kappa shape index (κ2) is 12.4. The highest BCUT2D eigenvalue weighted by molar-refractivity contribution is 6.21. The third-order valence-corrected chi connectivity index (χ3v) is 10.1. The quantitative estimate of drug-likeness (QED) is 0.136. The van der Waals surface area contributed by atoms with E-state index in [1.54, 1.807) is 0 Å². The van der Waals surface area contributed by atoms with E-state index >= 15 is 0 Å². The molecular formula is C49H31N3. The van der Waals surface area contributed by atoms with E-state index in [0.717, 1.165) is 27.8 Å². The van der Waals surface area contributed by atoms with Gasteiger partial charge in [0.1, 0.15) is 0 Å². The second-order valence-electron chi connectivity index (χ2n) is 13.2. The lowest BCUT2D eigenvalue weighted by molar-refractivity contribution is 1.07. The Morgan fingerprint density at radius 3 is 1.40 bits per heavy atom. The summed E-state index contributed by atoms with van der Waals surface area (Å²) in [4.78, 5) is 15.1. The minimum Gasteiger partial charge on any atom is -0.208 e. The van der Waals surface area contributed by atoms with Crippen LogP contribution in [0.3, 0.4) is 0 Å². The summed E-state index contributed by atoms with van der Waals surface area (Å²) in [5.74, 6) is 1.93. The molecular weight excluding hydrogens is 631 g/mol. The SMILES string of the molecule is c1ccc(-c2nc(-c3ccc(-c4ccc5ccccc5c4)cc3)nc(-c3ccc(-c4c5ccccc5cc5ccc6ccccc6c45)cc3)n2)cc1. The highest BCUT2D eigenvalue weighted by Crippen LogP contribution is 2.40. The summed E-state index contributed by atoms with van der Waals surface area (Å²) in [7, 11) is 0. The molecule has 0 aliphatic rings. The first-order valence-electron chi connectivity index (χ1n) is 17.6. The average Bonchev–Trinajstić information content (AvgIpc) is 3.23. The van der Waals surface area contributed by atoms with Gasteiger partial charge in [0, 0.05) is 16.7 Å². The summed E-state index contributed by atoms with van der Waals surface area (Å²) >= 11 is 0. The Kier molecular flexibility index (Phi) is 7.14. The van der Waals surface area contributed by atoms with Gasteiger partial charge in [0.2, 0.25) is 0 Å². The molecule has 0 bridgehead atoms. The normalized spacial score (nSPS) is 11.5. The topological polar surface area (TPSA) is 38.7 Å². The van der Waals surface area contributed by atoms with Gasteiger partial charge in [-0.15, -0.1) is 0 Å². The summed E-state index contributed by atoms with van der Waals surface area (Å²) in [6, 6.07) is 66.5. The van der Waals surface area contributed by atoms with Crippen LogP contribution >= 0.6 is 0 Å². The molecule has 0 fully saturated rings. The van der Waals surface area contributed by atoms with Crippen LogP contribution in [0.25, 0.3) is 99.5 Å². The Morgan fingerprint density at radius 2 is 0.712 bits per heavy atom. The molecule has 0 radical (unpaired) electrons. The summed E-state index contributed by atoms with van der Waals surface area (Å²) in [5, 5.41) is 9.92. The molecule has 52 heavy (non-hydrogen) atoms. The van der Waals surface area contributed by atoms with Gasteiger partial charge < -0.3 is 0 Å². The van der Waals surface area contributed by atoms with E-state index in [2.05, 4.69) is 158 Å². The fourth-order valence-electron chi connectivity index (χ4n) is 7.46. The minimum atomic E-state index is 0.641. The Morgan fingerprint density at radius 1 is 0.250 bits per heavy atom. The first-order valence-corrected chi connectivity index (χ1v) is 17.6. The van der Waals surface area contributed by atoms with Crippen molar-refractivity contribution in [3.05, 3.63) is 188 Å². The molecule has 3 heteroatoms. The number of rotatable bonds is 5. The number of hydrogen-bond donors (Lipinski definition) is 0. The first kappa shape index (κ1) is 29.9. The molecule has 0 spiro atoms. The number of aromatic nitrogens is 3. The first-order chi connectivity index (χ1) is 25.7. The summed E-state index contributed by atoms with van der Waals surface area (Å²) in [5.41, 5.74) is 7.55. The number of fused-ring (bicyclic) bond motifs is 5. The zero-order chi connectivity index (χ0) is 34.4. The van der Waals surface area contributed by atoms with Crippen LogP contribution in [0, 0.1) is 0 Å². The molecule has 0 aliphatic carbocycles. The Labute approximate surface area is 301 Å². The number of nitrogens with zero attached hydrogens (tertiary/aromatic N) is 3. The van der Waals surface area contributed by atoms with Crippen LogP contribution in [-0.4, -0.2) is 15.0 Å². The van der Waals surface area contributed by atoms with Gasteiger partial charge in [0.25, 0.3) is 0 Å². The van der Waals surface area contributed by atoms with E-state index in [4.69, 9.17) is 15.0 Å². The van der Waals surface area contributed by atoms with Crippen LogP contribution in [-0.2, 0) is 0 Å². The van der Waals surface area contributed by atoms with Gasteiger partial charge in [0.15, 0.2) is 17.5 Å². The molecule has 1 aromatic heterocycles. The molecule has 242 valence electrons. The third kappa shape index (κ3) is 5.28. The third-order valence-electron chi connectivity index (χ3n) is 10.1. The number of benzene rings is 9. The van der Waals surface area contributed by atoms with E-state index in [-0.39, 0.29) is 0 Å². The lowest BCUT2D eigenvalue weighted by atomic mass is 9.89. The zero-order valence-corrected chi connectivity index (χ0v) is 28.2. The lowest BCUT2D eigenvalue weighted by Gasteiger charge is -2.15. The summed E-state index contributed by atoms with van der Waals surface area (Å²) < 4.78 is 0. The molecule has 0 saturated heterocycles. The minimum absolute atomic E-state index is 0.641. The maximum absolute atomic E-state index is 5.06. The number of hydrogen-bond acceptors (Lipinski definition) is 3. The van der Waals surface area contributed by atoms with E-state index in [9.17, 15) is 0 Å². The van der Waals surface area contributed by atoms with Crippen molar-refractivity contribution in [2.45, 2.75) is 0 Å². The van der Waals surface area contributed by atoms with Crippen molar-refractivity contribution in [3.8, 4) is 56.4 Å². The van der Waals surface area contributed by atoms with Crippen molar-refractivity contribution in [2.75, 3.05) is 0 Å². The van der Waals surface area contributed by atoms with E-state index in [0.29, 0.717) is 17.5 Å². The van der Waals surface area contributed by atoms with Crippen LogP contribution < -0.4 is 0 Å². The smallest absolute Gasteiger partial charge is 0.164 e. The maximum atomic E-state index is 5.06. The van der Waals surface area contributed by atoms with Crippen molar-refractivity contribution >= 4 is 43.1 Å². The lowest BCUT2D eigenvalue weighted by Crippen LogP contribution is -2.00. The molecule has 0 N–H and O–H groups in total. The van der Waals surface area contributed by atoms with Crippen molar-refractivity contribution in [3.63, 3.8) is 0 Å². The van der Waals surface area contributed by atoms with E-state index in [1.807, 2.05) is 30.3 Å². The predicted molar refractivity (Wildman–Crippen MR) is 217 cm³/mol. The molecule has 10 aromatic rings. The molecule has 9 aromatic carbocycles. The van der Waals surface area contributed by atoms with Crippen molar-refractivity contribution in [1.29, 1.82) is 0 Å². The molecule has 0 unspecified atom stereocenters. The van der Waals surface area contributed by atoms with Gasteiger partial charge in [-0.05, 0) is 77.5 Å². The molecule has 10 rings (SSSR count). The van der Waals surface area contributed by atoms with Gasteiger partial charge in [-0.2, -0.15) is 0 Å². The van der Waals surface area contributed by atoms with Gasteiger partial charge in [-0.3, -0.25) is 0 Å². The molecule has 3 nitrogen and oxygen atoms in total. The largest absolute Gasteiger partial charge is 0.208 e. The van der Waals surface area contributed by atoms with Crippen molar-refractivity contribution in [1.82, 2.24) is 15.0 Å². The van der Waals surface area contributed by atoms with Crippen LogP contribution in [0.2, 0.25) is 0 Å². The Balaban J connectivity index is 1.08. The molecule has 1 heterocycles. The van der Waals surface area contributed by atoms with Gasteiger partial charge in [0.05, 0.1) is 0 Å². The van der Waals surface area contributed by atoms with E-state index in [1.165, 1.54) is 54.2 Å². The van der Waals surface area contributed by atoms with Crippen LogP contribution in [0.15, 0.2) is 188 Å². The molecule has 0 saturated carbocycles. The standard InChI is InChI=1S/C49H31N3/c1-2-12-36(13-3-1)47-50-48(37-24-18-33(19-25-37)40-28-20-32-10-4-5-14-39(32)30-40)52-49(51-47)38-26-22-35(23-27-38)45-44-17-9-7-15-41(44)31-42-29-21-34-11-6-8-16-43(34)46(42)45/h1-31H. The van der Waals surface area contributed by atoms with Gasteiger partial charge in [-0.25, -0.2) is 15.0 Å². The second-order valence-corrected chi connectivity index (χ2v) is 13.2. The van der Waals surface area contributed by atoms with Crippen molar-refractivity contribution < 1.29 is 0 Å². The average molecular weight is 662 g/mol.